The highest BCUT2D eigenvalue weighted by molar-refractivity contribution is 5.97. The number of Topliss-reactive ketones (excluding diaryl/α,β-unsaturated/α-hetero) is 1. The van der Waals surface area contributed by atoms with Crippen molar-refractivity contribution in [2.75, 3.05) is 32.1 Å². The molecule has 0 saturated carbocycles. The number of nitrogens with zero attached hydrogens (tertiary/aromatic N) is 3. The van der Waals surface area contributed by atoms with Gasteiger partial charge in [0.2, 0.25) is 0 Å². The molecular weight excluding hydrogens is 495 g/mol. The van der Waals surface area contributed by atoms with Crippen molar-refractivity contribution < 1.29 is 27.5 Å². The molecule has 3 aromatic rings. The number of likely N-dealkylation sites (tertiary alicyclic amines) is 1. The Bertz CT molecular complexity index is 1300. The summed E-state index contributed by atoms with van der Waals surface area (Å²) in [5.41, 5.74) is 1.28. The summed E-state index contributed by atoms with van der Waals surface area (Å²) < 4.78 is 45.3. The molecule has 1 aromatic heterocycles. The highest BCUT2D eigenvalue weighted by Gasteiger charge is 2.31. The van der Waals surface area contributed by atoms with Gasteiger partial charge in [0.05, 0.1) is 11.1 Å². The van der Waals surface area contributed by atoms with Gasteiger partial charge in [0.15, 0.2) is 5.78 Å². The Morgan fingerprint density at radius 2 is 1.76 bits per heavy atom. The lowest BCUT2D eigenvalue weighted by Gasteiger charge is -2.32. The molecule has 1 aliphatic heterocycles. The highest BCUT2D eigenvalue weighted by atomic mass is 19.4. The van der Waals surface area contributed by atoms with E-state index < -0.39 is 17.5 Å². The summed E-state index contributed by atoms with van der Waals surface area (Å²) in [5, 5.41) is 0. The predicted molar refractivity (Wildman–Crippen MR) is 139 cm³/mol. The van der Waals surface area contributed by atoms with Crippen LogP contribution in [0.3, 0.4) is 0 Å². The van der Waals surface area contributed by atoms with E-state index in [1.807, 2.05) is 38.1 Å². The molecular formula is C29H30F3N3O3. The fourth-order valence-corrected chi connectivity index (χ4v) is 4.35. The lowest BCUT2D eigenvalue weighted by atomic mass is 10.00. The van der Waals surface area contributed by atoms with Crippen molar-refractivity contribution in [3.05, 3.63) is 88.6 Å². The average molecular weight is 526 g/mol. The molecule has 0 unspecified atom stereocenters. The minimum Gasteiger partial charge on any atom is -0.490 e. The monoisotopic (exact) mass is 525 g/mol. The number of ether oxygens (including phenoxy) is 1. The van der Waals surface area contributed by atoms with Gasteiger partial charge in [0.1, 0.15) is 17.7 Å². The smallest absolute Gasteiger partial charge is 0.416 e. The third-order valence-electron chi connectivity index (χ3n) is 6.60. The van der Waals surface area contributed by atoms with Gasteiger partial charge in [-0.25, -0.2) is 4.98 Å². The van der Waals surface area contributed by atoms with Gasteiger partial charge in [-0.15, -0.1) is 0 Å². The van der Waals surface area contributed by atoms with Crippen LogP contribution in [0.25, 0.3) is 0 Å². The maximum atomic E-state index is 13.0. The molecule has 0 radical (unpaired) electrons. The molecule has 9 heteroatoms. The van der Waals surface area contributed by atoms with E-state index in [0.717, 1.165) is 23.5 Å². The molecule has 4 rings (SSSR count). The van der Waals surface area contributed by atoms with E-state index in [9.17, 15) is 22.8 Å². The Morgan fingerprint density at radius 1 is 1.03 bits per heavy atom. The fourth-order valence-electron chi connectivity index (χ4n) is 4.35. The van der Waals surface area contributed by atoms with E-state index in [2.05, 4.69) is 4.98 Å². The van der Waals surface area contributed by atoms with Crippen molar-refractivity contribution in [1.29, 1.82) is 0 Å². The summed E-state index contributed by atoms with van der Waals surface area (Å²) in [4.78, 5) is 33.6. The first-order valence-corrected chi connectivity index (χ1v) is 12.4. The maximum absolute atomic E-state index is 13.0. The Morgan fingerprint density at radius 3 is 2.39 bits per heavy atom. The Kier molecular flexibility index (Phi) is 8.04. The molecule has 0 atom stereocenters. The molecule has 1 aliphatic rings. The van der Waals surface area contributed by atoms with Crippen molar-refractivity contribution in [3.63, 3.8) is 0 Å². The number of anilines is 1. The largest absolute Gasteiger partial charge is 0.490 e. The summed E-state index contributed by atoms with van der Waals surface area (Å²) in [7, 11) is 3.78. The fraction of sp³-hybridized carbons (Fsp3) is 0.345. The van der Waals surface area contributed by atoms with Crippen LogP contribution in [0.4, 0.5) is 19.0 Å². The number of alkyl halides is 3. The van der Waals surface area contributed by atoms with Gasteiger partial charge in [0.25, 0.3) is 5.91 Å². The zero-order valence-corrected chi connectivity index (χ0v) is 21.6. The van der Waals surface area contributed by atoms with E-state index in [4.69, 9.17) is 4.74 Å². The zero-order valence-electron chi connectivity index (χ0n) is 21.6. The van der Waals surface area contributed by atoms with Crippen molar-refractivity contribution in [1.82, 2.24) is 9.88 Å². The number of ketones is 1. The second kappa shape index (κ2) is 11.2. The van der Waals surface area contributed by atoms with Crippen LogP contribution in [-0.2, 0) is 12.6 Å². The van der Waals surface area contributed by atoms with Gasteiger partial charge in [-0.2, -0.15) is 13.2 Å². The molecule has 200 valence electrons. The van der Waals surface area contributed by atoms with Crippen molar-refractivity contribution in [3.8, 4) is 5.75 Å². The molecule has 0 spiro atoms. The minimum atomic E-state index is -4.51. The number of carbonyl (C=O) groups excluding carboxylic acids is 2. The number of aryl methyl sites for hydroxylation is 1. The normalized spacial score (nSPS) is 14.3. The van der Waals surface area contributed by atoms with Crippen LogP contribution >= 0.6 is 0 Å². The summed E-state index contributed by atoms with van der Waals surface area (Å²) in [5.74, 6) is 0.953. The standard InChI is InChI=1S/C29H30F3N3O3/c1-19-7-8-20(15-25(36)21-5-4-6-23(17-21)29(30,31)32)16-26(19)38-24-11-13-35(14-12-24)28(37)22-9-10-27(33-18-22)34(2)3/h4-10,16-18,24H,11-15H2,1-3H3. The van der Waals surface area contributed by atoms with E-state index in [1.54, 1.807) is 29.3 Å². The van der Waals surface area contributed by atoms with Gasteiger partial charge >= 0.3 is 6.18 Å². The van der Waals surface area contributed by atoms with Crippen LogP contribution in [0.2, 0.25) is 0 Å². The number of rotatable bonds is 7. The van der Waals surface area contributed by atoms with Crippen LogP contribution < -0.4 is 9.64 Å². The van der Waals surface area contributed by atoms with Gasteiger partial charge in [-0.1, -0.05) is 24.3 Å². The quantitative estimate of drug-likeness (QED) is 0.377. The summed E-state index contributed by atoms with van der Waals surface area (Å²) >= 11 is 0. The Hall–Kier alpha value is -3.88. The molecule has 2 heterocycles. The molecule has 0 N–H and O–H groups in total. The second-order valence-corrected chi connectivity index (χ2v) is 9.69. The number of pyridine rings is 1. The SMILES string of the molecule is Cc1ccc(CC(=O)c2cccc(C(F)(F)F)c2)cc1OC1CCN(C(=O)c2ccc(N(C)C)nc2)CC1. The number of hydrogen-bond acceptors (Lipinski definition) is 5. The van der Waals surface area contributed by atoms with Gasteiger partial charge < -0.3 is 14.5 Å². The number of aromatic nitrogens is 1. The maximum Gasteiger partial charge on any atom is 0.416 e. The lowest BCUT2D eigenvalue weighted by molar-refractivity contribution is -0.137. The molecule has 0 bridgehead atoms. The van der Waals surface area contributed by atoms with Crippen LogP contribution in [0.1, 0.15) is 50.2 Å². The van der Waals surface area contributed by atoms with E-state index >= 15 is 0 Å². The number of piperidine rings is 1. The third kappa shape index (κ3) is 6.51. The number of benzene rings is 2. The van der Waals surface area contributed by atoms with E-state index in [-0.39, 0.29) is 24.0 Å². The number of carbonyl (C=O) groups is 2. The predicted octanol–water partition coefficient (Wildman–Crippen LogP) is 5.58. The van der Waals surface area contributed by atoms with Gasteiger partial charge in [-0.3, -0.25) is 9.59 Å². The first kappa shape index (κ1) is 27.2. The van der Waals surface area contributed by atoms with Crippen LogP contribution in [0.5, 0.6) is 5.75 Å². The number of amides is 1. The second-order valence-electron chi connectivity index (χ2n) is 9.69. The van der Waals surface area contributed by atoms with E-state index in [1.165, 1.54) is 12.1 Å². The van der Waals surface area contributed by atoms with Gasteiger partial charge in [0, 0.05) is 58.2 Å². The summed E-state index contributed by atoms with van der Waals surface area (Å²) in [6.07, 6.45) is -1.73. The third-order valence-corrected chi connectivity index (χ3v) is 6.60. The lowest BCUT2D eigenvalue weighted by Crippen LogP contribution is -2.41. The van der Waals surface area contributed by atoms with Crippen molar-refractivity contribution in [2.24, 2.45) is 0 Å². The van der Waals surface area contributed by atoms with Crippen LogP contribution in [0.15, 0.2) is 60.8 Å². The number of hydrogen-bond donors (Lipinski definition) is 0. The van der Waals surface area contributed by atoms with E-state index in [0.29, 0.717) is 42.8 Å². The van der Waals surface area contributed by atoms with Crippen molar-refractivity contribution >= 4 is 17.5 Å². The minimum absolute atomic E-state index is 0.0199. The molecule has 0 aliphatic carbocycles. The first-order valence-electron chi connectivity index (χ1n) is 12.4. The van der Waals surface area contributed by atoms with Crippen LogP contribution in [0, 0.1) is 6.92 Å². The molecule has 38 heavy (non-hydrogen) atoms. The van der Waals surface area contributed by atoms with Gasteiger partial charge in [-0.05, 0) is 48.4 Å². The summed E-state index contributed by atoms with van der Waals surface area (Å²) in [6, 6.07) is 13.5. The topological polar surface area (TPSA) is 62.7 Å². The zero-order chi connectivity index (χ0) is 27.4. The molecule has 6 nitrogen and oxygen atoms in total. The average Bonchev–Trinajstić information content (AvgIpc) is 2.90. The molecule has 1 amide bonds. The summed E-state index contributed by atoms with van der Waals surface area (Å²) in [6.45, 7) is 2.99. The van der Waals surface area contributed by atoms with Crippen molar-refractivity contribution in [2.45, 2.75) is 38.5 Å². The molecule has 2 aromatic carbocycles. The molecule has 1 fully saturated rings. The molecule has 1 saturated heterocycles. The van der Waals surface area contributed by atoms with Crippen LogP contribution in [-0.4, -0.2) is 54.9 Å². The number of halogens is 3. The Balaban J connectivity index is 1.36. The first-order chi connectivity index (χ1) is 18.0. The Labute approximate surface area is 220 Å². The highest BCUT2D eigenvalue weighted by Crippen LogP contribution is 2.30.